The first-order valence-corrected chi connectivity index (χ1v) is 20.1. The molecule has 0 bridgehead atoms. The van der Waals surface area contributed by atoms with Crippen molar-refractivity contribution in [3.05, 3.63) is 58.1 Å². The van der Waals surface area contributed by atoms with E-state index < -0.39 is 60.5 Å². The number of pyridine rings is 3. The van der Waals surface area contributed by atoms with Gasteiger partial charge in [0, 0.05) is 75.6 Å². The van der Waals surface area contributed by atoms with Gasteiger partial charge < -0.3 is 29.2 Å². The van der Waals surface area contributed by atoms with Gasteiger partial charge in [0.05, 0.1) is 44.3 Å². The van der Waals surface area contributed by atoms with E-state index in [1.54, 1.807) is 60.9 Å². The smallest absolute Gasteiger partial charge is 0.477 e. The van der Waals surface area contributed by atoms with Crippen LogP contribution in [0.25, 0.3) is 44.1 Å². The molecular formula is C39H46F2N7O9P. The number of likely N-dealkylation sites (N-methyl/N-ethyl adjacent to an activating group) is 1. The van der Waals surface area contributed by atoms with E-state index >= 15 is 8.78 Å². The largest absolute Gasteiger partial charge is 0.478 e. The number of fused-ring (bicyclic) bond motifs is 5. The number of hydrogen-bond acceptors (Lipinski definition) is 12. The van der Waals surface area contributed by atoms with Crippen LogP contribution in [0.15, 0.2) is 35.5 Å². The van der Waals surface area contributed by atoms with Crippen molar-refractivity contribution >= 4 is 64.2 Å². The fraction of sp³-hybridized carbons (Fsp3) is 0.462. The Hall–Kier alpha value is -5.00. The number of nitrogens with zero attached hydrogens (tertiary/aromatic N) is 6. The van der Waals surface area contributed by atoms with E-state index in [4.69, 9.17) is 18.3 Å². The molecule has 0 radical (unpaired) electrons. The number of anilines is 2. The normalized spacial score (nSPS) is 17.8. The number of amides is 1. The third-order valence-corrected chi connectivity index (χ3v) is 12.1. The van der Waals surface area contributed by atoms with Gasteiger partial charge in [0.1, 0.15) is 16.9 Å². The first-order chi connectivity index (χ1) is 27.1. The van der Waals surface area contributed by atoms with Gasteiger partial charge in [0.2, 0.25) is 12.2 Å². The number of rotatable bonds is 9. The van der Waals surface area contributed by atoms with Gasteiger partial charge in [-0.2, -0.15) is 0 Å². The number of hydrogen-bond donors (Lipinski definition) is 2. The Labute approximate surface area is 332 Å². The number of H-pyrrole nitrogens is 1. The molecular weight excluding hydrogens is 779 g/mol. The van der Waals surface area contributed by atoms with Gasteiger partial charge in [-0.25, -0.2) is 37.4 Å². The Morgan fingerprint density at radius 2 is 1.72 bits per heavy atom. The van der Waals surface area contributed by atoms with E-state index in [1.807, 2.05) is 7.05 Å². The molecule has 16 nitrogen and oxygen atoms in total. The predicted octanol–water partition coefficient (Wildman–Crippen LogP) is 7.03. The zero-order valence-corrected chi connectivity index (χ0v) is 34.6. The molecule has 0 saturated carbocycles. The van der Waals surface area contributed by atoms with Gasteiger partial charge in [-0.1, -0.05) is 0 Å². The number of aromatic nitrogens is 4. The summed E-state index contributed by atoms with van der Waals surface area (Å²) in [7, 11) is 0.643. The standard InChI is InChI=1S/C39H46F2N7O9P/c1-38(2,3)56-58(53,57-39(4,5)6)55-19-54-37(52)47(9)26-13-25(40)30(41)28-29-32(48-11-10-20-16-45(7)18-27(20)48)23(15-42-34(29)44-31(26)28)21-12-22-33(49)24(36(50)51)17-46(8)35(22)43-14-21/h12-15,17,20,27H,10-11,16,18-19H2,1-9H3,(H,42,44)(H,50,51)/t20-,27+/m1/s1. The van der Waals surface area contributed by atoms with Crippen LogP contribution in [0.3, 0.4) is 0 Å². The third kappa shape index (κ3) is 7.66. The molecule has 0 spiro atoms. The van der Waals surface area contributed by atoms with Crippen molar-refractivity contribution in [2.75, 3.05) is 50.3 Å². The number of aromatic amines is 1. The topological polar surface area (TPSA) is 182 Å². The summed E-state index contributed by atoms with van der Waals surface area (Å²) in [6.07, 6.45) is 4.06. The Balaban J connectivity index is 1.35. The second-order valence-electron chi connectivity index (χ2n) is 16.8. The third-order valence-electron chi connectivity index (χ3n) is 10.1. The molecule has 19 heteroatoms. The van der Waals surface area contributed by atoms with Crippen LogP contribution in [-0.4, -0.2) is 99.4 Å². The number of aryl methyl sites for hydroxylation is 1. The summed E-state index contributed by atoms with van der Waals surface area (Å²) in [5.74, 6) is -3.55. The molecule has 2 aliphatic heterocycles. The molecule has 7 rings (SSSR count). The number of carbonyl (C=O) groups is 2. The highest BCUT2D eigenvalue weighted by molar-refractivity contribution is 7.48. The number of phosphoric ester groups is 1. The summed E-state index contributed by atoms with van der Waals surface area (Å²) in [6, 6.07) is 2.39. The summed E-state index contributed by atoms with van der Waals surface area (Å²) >= 11 is 0. The average molecular weight is 826 g/mol. The van der Waals surface area contributed by atoms with Crippen molar-refractivity contribution in [1.29, 1.82) is 0 Å². The minimum atomic E-state index is -4.25. The van der Waals surface area contributed by atoms with Gasteiger partial charge in [-0.05, 0) is 67.0 Å². The molecule has 310 valence electrons. The molecule has 2 atom stereocenters. The summed E-state index contributed by atoms with van der Waals surface area (Å²) in [6.45, 7) is 11.2. The summed E-state index contributed by atoms with van der Waals surface area (Å²) in [4.78, 5) is 56.4. The number of halogens is 2. The van der Waals surface area contributed by atoms with E-state index in [9.17, 15) is 24.1 Å². The monoisotopic (exact) mass is 825 g/mol. The maximum Gasteiger partial charge on any atom is 0.478 e. The summed E-state index contributed by atoms with van der Waals surface area (Å²) in [5.41, 5.74) is -1.30. The second-order valence-corrected chi connectivity index (χ2v) is 18.3. The van der Waals surface area contributed by atoms with E-state index in [0.29, 0.717) is 29.9 Å². The number of aromatic carboxylic acids is 1. The van der Waals surface area contributed by atoms with Crippen molar-refractivity contribution in [3.8, 4) is 11.1 Å². The Kier molecular flexibility index (Phi) is 10.4. The number of carboxylic acid groups (broad SMARTS) is 1. The highest BCUT2D eigenvalue weighted by Gasteiger charge is 2.42. The van der Waals surface area contributed by atoms with E-state index in [0.717, 1.165) is 23.9 Å². The minimum Gasteiger partial charge on any atom is -0.477 e. The predicted molar refractivity (Wildman–Crippen MR) is 213 cm³/mol. The maximum atomic E-state index is 16.4. The molecule has 2 saturated heterocycles. The molecule has 0 unspecified atom stereocenters. The summed E-state index contributed by atoms with van der Waals surface area (Å²) < 4.78 is 69.0. The molecule has 58 heavy (non-hydrogen) atoms. The van der Waals surface area contributed by atoms with Crippen LogP contribution in [0.2, 0.25) is 0 Å². The lowest BCUT2D eigenvalue weighted by molar-refractivity contribution is -0.0275. The Morgan fingerprint density at radius 1 is 1.03 bits per heavy atom. The Bertz CT molecular complexity index is 2580. The quantitative estimate of drug-likeness (QED) is 0.114. The van der Waals surface area contributed by atoms with Gasteiger partial charge in [0.15, 0.2) is 11.6 Å². The van der Waals surface area contributed by atoms with Crippen LogP contribution in [0, 0.1) is 17.6 Å². The fourth-order valence-electron chi connectivity index (χ4n) is 7.89. The highest BCUT2D eigenvalue weighted by atomic mass is 31.2. The van der Waals surface area contributed by atoms with Gasteiger partial charge in [-0.15, -0.1) is 0 Å². The van der Waals surface area contributed by atoms with Crippen LogP contribution in [0.1, 0.15) is 58.3 Å². The number of likely N-dealkylation sites (tertiary alicyclic amines) is 1. The lowest BCUT2D eigenvalue weighted by atomic mass is 9.99. The molecule has 2 aliphatic rings. The van der Waals surface area contributed by atoms with E-state index in [2.05, 4.69) is 24.8 Å². The number of nitrogens with one attached hydrogen (secondary N) is 1. The van der Waals surface area contributed by atoms with E-state index in [1.165, 1.54) is 24.0 Å². The first-order valence-electron chi connectivity index (χ1n) is 18.6. The van der Waals surface area contributed by atoms with Gasteiger partial charge >= 0.3 is 19.9 Å². The average Bonchev–Trinajstić information content (AvgIpc) is 3.81. The first kappa shape index (κ1) is 41.2. The van der Waals surface area contributed by atoms with Crippen molar-refractivity contribution in [1.82, 2.24) is 24.4 Å². The number of phosphoric acid groups is 1. The Morgan fingerprint density at radius 3 is 2.38 bits per heavy atom. The molecule has 4 aromatic heterocycles. The molecule has 1 aromatic carbocycles. The van der Waals surface area contributed by atoms with Crippen molar-refractivity contribution in [2.24, 2.45) is 13.0 Å². The van der Waals surface area contributed by atoms with Crippen LogP contribution < -0.4 is 15.2 Å². The van der Waals surface area contributed by atoms with Crippen molar-refractivity contribution < 1.29 is 46.3 Å². The minimum absolute atomic E-state index is 0.00607. The number of ether oxygens (including phenoxy) is 1. The summed E-state index contributed by atoms with van der Waals surface area (Å²) in [5, 5.41) is 9.84. The zero-order valence-electron chi connectivity index (χ0n) is 33.7. The maximum absolute atomic E-state index is 16.4. The number of carboxylic acids is 1. The van der Waals surface area contributed by atoms with Crippen LogP contribution in [-0.2, 0) is 29.9 Å². The second kappa shape index (κ2) is 14.7. The fourth-order valence-corrected chi connectivity index (χ4v) is 9.56. The van der Waals surface area contributed by atoms with Crippen molar-refractivity contribution in [3.63, 3.8) is 0 Å². The lowest BCUT2D eigenvalue weighted by Crippen LogP contribution is -2.35. The molecule has 2 N–H and O–H groups in total. The van der Waals surface area contributed by atoms with Crippen LogP contribution >= 0.6 is 7.82 Å². The van der Waals surface area contributed by atoms with Crippen molar-refractivity contribution in [2.45, 2.75) is 65.2 Å². The molecule has 0 aliphatic carbocycles. The molecule has 1 amide bonds. The van der Waals surface area contributed by atoms with Crippen LogP contribution in [0.4, 0.5) is 25.0 Å². The van der Waals surface area contributed by atoms with E-state index in [-0.39, 0.29) is 50.6 Å². The van der Waals surface area contributed by atoms with Crippen LogP contribution in [0.5, 0.6) is 0 Å². The number of carbonyl (C=O) groups excluding carboxylic acids is 1. The zero-order chi connectivity index (χ0) is 42.2. The lowest BCUT2D eigenvalue weighted by Gasteiger charge is -2.30. The highest BCUT2D eigenvalue weighted by Crippen LogP contribution is 2.55. The molecule has 2 fully saturated rings. The SMILES string of the molecule is CN1C[C@H]2CCN(c3c(-c4cnc5c(c4)c(=O)c(C(=O)O)cn5C)cnc4[nH]c5c(N(C)C(=O)OCOP(=O)(OC(C)(C)C)OC(C)(C)C)cc(F)c(F)c5c34)[C@H]2C1. The number of benzene rings is 1. The molecule has 6 heterocycles. The van der Waals surface area contributed by atoms with Gasteiger partial charge in [-0.3, -0.25) is 18.7 Å². The molecule has 5 aromatic rings. The van der Waals surface area contributed by atoms with Gasteiger partial charge in [0.25, 0.3) is 0 Å².